The molecule has 32 heavy (non-hydrogen) atoms. The average Bonchev–Trinajstić information content (AvgIpc) is 3.27. The lowest BCUT2D eigenvalue weighted by Crippen LogP contribution is -2.41. The quantitative estimate of drug-likeness (QED) is 0.458. The molecule has 1 fully saturated rings. The fourth-order valence-corrected chi connectivity index (χ4v) is 4.51. The van der Waals surface area contributed by atoms with E-state index in [-0.39, 0.29) is 6.04 Å². The Labute approximate surface area is 196 Å². The van der Waals surface area contributed by atoms with Crippen molar-refractivity contribution in [1.82, 2.24) is 9.80 Å². The molecule has 2 heterocycles. The standard InChI is InChI=1S/C26H33N3O2S/c1-3-21-9-11-23(12-10-21)27-26(32)29(14-6-13-28-15-17-30-18-16-28)20(2)25-19-22-7-4-5-8-24(22)31-25/h4-5,7-12,19-20H,3,6,13-18H2,1-2H3,(H,27,32). The molecule has 6 heteroatoms. The van der Waals surface area contributed by atoms with Crippen LogP contribution in [0.15, 0.2) is 59.0 Å². The topological polar surface area (TPSA) is 40.9 Å². The molecule has 4 rings (SSSR count). The molecule has 5 nitrogen and oxygen atoms in total. The maximum Gasteiger partial charge on any atom is 0.174 e. The highest BCUT2D eigenvalue weighted by Gasteiger charge is 2.22. The van der Waals surface area contributed by atoms with Gasteiger partial charge in [-0.2, -0.15) is 0 Å². The second-order valence-corrected chi connectivity index (χ2v) is 8.73. The van der Waals surface area contributed by atoms with Gasteiger partial charge in [-0.05, 0) is 61.8 Å². The molecule has 2 aromatic carbocycles. The number of benzene rings is 2. The van der Waals surface area contributed by atoms with Gasteiger partial charge in [0.2, 0.25) is 0 Å². The zero-order valence-corrected chi connectivity index (χ0v) is 19.9. The number of hydrogen-bond donors (Lipinski definition) is 1. The van der Waals surface area contributed by atoms with Crippen LogP contribution < -0.4 is 5.32 Å². The van der Waals surface area contributed by atoms with Gasteiger partial charge in [0.15, 0.2) is 5.11 Å². The SMILES string of the molecule is CCc1ccc(NC(=S)N(CCCN2CCOCC2)C(C)c2cc3ccccc3o2)cc1. The van der Waals surface area contributed by atoms with Crippen LogP contribution in [-0.4, -0.2) is 54.3 Å². The summed E-state index contributed by atoms with van der Waals surface area (Å²) < 4.78 is 11.7. The number of anilines is 1. The lowest BCUT2D eigenvalue weighted by atomic mass is 10.1. The number of nitrogens with zero attached hydrogens (tertiary/aromatic N) is 2. The first-order valence-corrected chi connectivity index (χ1v) is 12.0. The summed E-state index contributed by atoms with van der Waals surface area (Å²) in [5, 5.41) is 5.30. The molecular formula is C26H33N3O2S. The summed E-state index contributed by atoms with van der Waals surface area (Å²) in [6.07, 6.45) is 2.06. The van der Waals surface area contributed by atoms with Crippen LogP contribution >= 0.6 is 12.2 Å². The second-order valence-electron chi connectivity index (χ2n) is 8.34. The fourth-order valence-electron chi connectivity index (χ4n) is 4.14. The van der Waals surface area contributed by atoms with E-state index in [2.05, 4.69) is 65.4 Å². The molecule has 1 aliphatic rings. The Hall–Kier alpha value is -2.41. The van der Waals surface area contributed by atoms with Crippen molar-refractivity contribution in [1.29, 1.82) is 0 Å². The van der Waals surface area contributed by atoms with Crippen LogP contribution in [0, 0.1) is 0 Å². The highest BCUT2D eigenvalue weighted by atomic mass is 32.1. The molecule has 0 saturated carbocycles. The second kappa shape index (κ2) is 10.9. The van der Waals surface area contributed by atoms with Crippen molar-refractivity contribution in [2.45, 2.75) is 32.7 Å². The Balaban J connectivity index is 1.48. The minimum absolute atomic E-state index is 0.0296. The largest absolute Gasteiger partial charge is 0.459 e. The van der Waals surface area contributed by atoms with Gasteiger partial charge in [0, 0.05) is 37.3 Å². The van der Waals surface area contributed by atoms with Gasteiger partial charge >= 0.3 is 0 Å². The first-order valence-electron chi connectivity index (χ1n) is 11.6. The number of hydrogen-bond acceptors (Lipinski definition) is 4. The van der Waals surface area contributed by atoms with Gasteiger partial charge in [0.05, 0.1) is 19.3 Å². The monoisotopic (exact) mass is 451 g/mol. The van der Waals surface area contributed by atoms with Crippen molar-refractivity contribution < 1.29 is 9.15 Å². The van der Waals surface area contributed by atoms with E-state index in [1.807, 2.05) is 18.2 Å². The summed E-state index contributed by atoms with van der Waals surface area (Å²) in [5.74, 6) is 0.933. The van der Waals surface area contributed by atoms with Gasteiger partial charge in [-0.3, -0.25) is 4.90 Å². The summed E-state index contributed by atoms with van der Waals surface area (Å²) in [7, 11) is 0. The number of furan rings is 1. The van der Waals surface area contributed by atoms with E-state index in [1.54, 1.807) is 0 Å². The zero-order valence-electron chi connectivity index (χ0n) is 19.0. The Bertz CT molecular complexity index is 978. The summed E-state index contributed by atoms with van der Waals surface area (Å²) >= 11 is 5.89. The minimum Gasteiger partial charge on any atom is -0.459 e. The summed E-state index contributed by atoms with van der Waals surface area (Å²) in [5.41, 5.74) is 3.25. The summed E-state index contributed by atoms with van der Waals surface area (Å²) in [4.78, 5) is 4.72. The number of thiocarbonyl (C=S) groups is 1. The van der Waals surface area contributed by atoms with Crippen molar-refractivity contribution >= 4 is 34.0 Å². The van der Waals surface area contributed by atoms with Gasteiger partial charge in [0.25, 0.3) is 0 Å². The molecule has 1 unspecified atom stereocenters. The molecular weight excluding hydrogens is 418 g/mol. The van der Waals surface area contributed by atoms with Crippen LogP contribution in [0.4, 0.5) is 5.69 Å². The fraction of sp³-hybridized carbons (Fsp3) is 0.423. The molecule has 1 aliphatic heterocycles. The first kappa shape index (κ1) is 22.8. The average molecular weight is 452 g/mol. The van der Waals surface area contributed by atoms with Crippen molar-refractivity contribution in [2.75, 3.05) is 44.7 Å². The van der Waals surface area contributed by atoms with Crippen molar-refractivity contribution in [3.63, 3.8) is 0 Å². The molecule has 3 aromatic rings. The van der Waals surface area contributed by atoms with Crippen molar-refractivity contribution in [3.05, 3.63) is 65.9 Å². The van der Waals surface area contributed by atoms with E-state index in [1.165, 1.54) is 5.56 Å². The summed E-state index contributed by atoms with van der Waals surface area (Å²) in [6.45, 7) is 9.89. The van der Waals surface area contributed by atoms with Gasteiger partial charge < -0.3 is 19.4 Å². The van der Waals surface area contributed by atoms with Crippen LogP contribution in [0.3, 0.4) is 0 Å². The number of rotatable bonds is 8. The molecule has 1 aromatic heterocycles. The third-order valence-electron chi connectivity index (χ3n) is 6.18. The number of fused-ring (bicyclic) bond motifs is 1. The number of aryl methyl sites for hydroxylation is 1. The predicted molar refractivity (Wildman–Crippen MR) is 135 cm³/mol. The van der Waals surface area contributed by atoms with E-state index in [0.29, 0.717) is 0 Å². The van der Waals surface area contributed by atoms with Crippen molar-refractivity contribution in [3.8, 4) is 0 Å². The number of nitrogens with one attached hydrogen (secondary N) is 1. The maximum atomic E-state index is 6.18. The van der Waals surface area contributed by atoms with E-state index < -0.39 is 0 Å². The molecule has 1 atom stereocenters. The molecule has 0 aliphatic carbocycles. The minimum atomic E-state index is 0.0296. The third-order valence-corrected chi connectivity index (χ3v) is 6.51. The van der Waals surface area contributed by atoms with Crippen LogP contribution in [0.2, 0.25) is 0 Å². The predicted octanol–water partition coefficient (Wildman–Crippen LogP) is 5.48. The molecule has 0 radical (unpaired) electrons. The van der Waals surface area contributed by atoms with Gasteiger partial charge in [0.1, 0.15) is 11.3 Å². The van der Waals surface area contributed by atoms with Crippen molar-refractivity contribution in [2.24, 2.45) is 0 Å². The lowest BCUT2D eigenvalue weighted by Gasteiger charge is -2.32. The zero-order chi connectivity index (χ0) is 22.3. The van der Waals surface area contributed by atoms with Crippen LogP contribution in [0.25, 0.3) is 11.0 Å². The molecule has 0 bridgehead atoms. The smallest absolute Gasteiger partial charge is 0.174 e. The number of para-hydroxylation sites is 1. The lowest BCUT2D eigenvalue weighted by molar-refractivity contribution is 0.0365. The van der Waals surface area contributed by atoms with Gasteiger partial charge in [-0.25, -0.2) is 0 Å². The highest BCUT2D eigenvalue weighted by Crippen LogP contribution is 2.28. The Kier molecular flexibility index (Phi) is 7.79. The van der Waals surface area contributed by atoms with E-state index in [9.17, 15) is 0 Å². The van der Waals surface area contributed by atoms with Crippen LogP contribution in [0.1, 0.15) is 37.6 Å². The molecule has 1 saturated heterocycles. The Morgan fingerprint density at radius 2 is 1.88 bits per heavy atom. The van der Waals surface area contributed by atoms with Gasteiger partial charge in [-0.15, -0.1) is 0 Å². The number of ether oxygens (including phenoxy) is 1. The van der Waals surface area contributed by atoms with E-state index in [0.717, 1.165) is 79.8 Å². The van der Waals surface area contributed by atoms with Gasteiger partial charge in [-0.1, -0.05) is 37.3 Å². The Morgan fingerprint density at radius 1 is 1.12 bits per heavy atom. The van der Waals surface area contributed by atoms with Crippen LogP contribution in [-0.2, 0) is 11.2 Å². The van der Waals surface area contributed by atoms with E-state index in [4.69, 9.17) is 21.4 Å². The normalized spacial score (nSPS) is 15.6. The first-order chi connectivity index (χ1) is 15.6. The molecule has 0 amide bonds. The highest BCUT2D eigenvalue weighted by molar-refractivity contribution is 7.80. The molecule has 1 N–H and O–H groups in total. The summed E-state index contributed by atoms with van der Waals surface area (Å²) in [6, 6.07) is 18.8. The molecule has 170 valence electrons. The number of morpholine rings is 1. The third kappa shape index (κ3) is 5.68. The maximum absolute atomic E-state index is 6.18. The molecule has 0 spiro atoms. The van der Waals surface area contributed by atoms with E-state index >= 15 is 0 Å². The van der Waals surface area contributed by atoms with Crippen LogP contribution in [0.5, 0.6) is 0 Å². The Morgan fingerprint density at radius 3 is 2.59 bits per heavy atom.